The van der Waals surface area contributed by atoms with Crippen molar-refractivity contribution in [1.29, 1.82) is 0 Å². The number of aryl methyl sites for hydroxylation is 2. The van der Waals surface area contributed by atoms with Crippen LogP contribution in [0.2, 0.25) is 0 Å². The first-order valence-electron chi connectivity index (χ1n) is 4.48. The molecule has 0 radical (unpaired) electrons. The maximum Gasteiger partial charge on any atom is 0.232 e. The van der Waals surface area contributed by atoms with Gasteiger partial charge in [0.2, 0.25) is 9.05 Å². The smallest absolute Gasteiger partial charge is 0.232 e. The van der Waals surface area contributed by atoms with Crippen molar-refractivity contribution in [2.75, 3.05) is 12.9 Å². The summed E-state index contributed by atoms with van der Waals surface area (Å²) in [6.07, 6.45) is 0.432. The molecule has 0 saturated heterocycles. The molecule has 0 aromatic heterocycles. The number of hydrogen-bond donors (Lipinski definition) is 0. The summed E-state index contributed by atoms with van der Waals surface area (Å²) < 4.78 is 26.6. The molecule has 3 nitrogen and oxygen atoms in total. The predicted octanol–water partition coefficient (Wildman–Crippen LogP) is 2.11. The van der Waals surface area contributed by atoms with Gasteiger partial charge < -0.3 is 4.74 Å². The third-order valence-electron chi connectivity index (χ3n) is 2.16. The topological polar surface area (TPSA) is 43.4 Å². The zero-order valence-electron chi connectivity index (χ0n) is 8.66. The van der Waals surface area contributed by atoms with Crippen molar-refractivity contribution in [3.05, 3.63) is 29.3 Å². The summed E-state index contributed by atoms with van der Waals surface area (Å²) >= 11 is 0. The fourth-order valence-electron chi connectivity index (χ4n) is 1.31. The second-order valence-electron chi connectivity index (χ2n) is 3.29. The first-order chi connectivity index (χ1) is 6.92. The zero-order chi connectivity index (χ0) is 11.5. The number of rotatable bonds is 4. The molecule has 1 rings (SSSR count). The number of methoxy groups -OCH3 is 1. The van der Waals surface area contributed by atoms with E-state index >= 15 is 0 Å². The first-order valence-corrected chi connectivity index (χ1v) is 6.96. The third kappa shape index (κ3) is 4.10. The lowest BCUT2D eigenvalue weighted by atomic mass is 10.1. The van der Waals surface area contributed by atoms with E-state index in [0.717, 1.165) is 16.9 Å². The summed E-state index contributed by atoms with van der Waals surface area (Å²) in [6.45, 7) is 1.92. The fourth-order valence-corrected chi connectivity index (χ4v) is 2.00. The van der Waals surface area contributed by atoms with Crippen LogP contribution in [0.5, 0.6) is 5.75 Å². The SMILES string of the molecule is COc1ccc(CCS(=O)(=O)Cl)c(C)c1. The summed E-state index contributed by atoms with van der Waals surface area (Å²) in [5.74, 6) is 0.729. The van der Waals surface area contributed by atoms with Crippen LogP contribution in [-0.2, 0) is 15.5 Å². The van der Waals surface area contributed by atoms with E-state index in [1.54, 1.807) is 7.11 Å². The molecule has 5 heteroatoms. The van der Waals surface area contributed by atoms with Crippen molar-refractivity contribution in [2.45, 2.75) is 13.3 Å². The quantitative estimate of drug-likeness (QED) is 0.767. The van der Waals surface area contributed by atoms with Crippen LogP contribution in [0.4, 0.5) is 0 Å². The van der Waals surface area contributed by atoms with Crippen LogP contribution in [0.25, 0.3) is 0 Å². The molecule has 0 bridgehead atoms. The van der Waals surface area contributed by atoms with Crippen molar-refractivity contribution < 1.29 is 13.2 Å². The summed E-state index contributed by atoms with van der Waals surface area (Å²) in [7, 11) is 3.32. The van der Waals surface area contributed by atoms with Gasteiger partial charge in [-0.05, 0) is 36.6 Å². The Balaban J connectivity index is 2.79. The monoisotopic (exact) mass is 248 g/mol. The normalized spacial score (nSPS) is 11.4. The molecule has 0 atom stereocenters. The molecular formula is C10H13ClO3S. The average molecular weight is 249 g/mol. The van der Waals surface area contributed by atoms with Crippen LogP contribution in [0.15, 0.2) is 18.2 Å². The highest BCUT2D eigenvalue weighted by molar-refractivity contribution is 8.13. The molecular weight excluding hydrogens is 236 g/mol. The number of ether oxygens (including phenoxy) is 1. The van der Waals surface area contributed by atoms with Gasteiger partial charge in [-0.1, -0.05) is 6.07 Å². The summed E-state index contributed by atoms with van der Waals surface area (Å²) in [5.41, 5.74) is 1.98. The molecule has 0 fully saturated rings. The van der Waals surface area contributed by atoms with Crippen LogP contribution >= 0.6 is 10.7 Å². The van der Waals surface area contributed by atoms with Crippen molar-refractivity contribution in [3.8, 4) is 5.75 Å². The van der Waals surface area contributed by atoms with Gasteiger partial charge >= 0.3 is 0 Å². The molecule has 1 aromatic carbocycles. The Morgan fingerprint density at radius 2 is 2.07 bits per heavy atom. The number of hydrogen-bond acceptors (Lipinski definition) is 3. The molecule has 0 N–H and O–H groups in total. The van der Waals surface area contributed by atoms with Crippen LogP contribution < -0.4 is 4.74 Å². The maximum atomic E-state index is 10.8. The highest BCUT2D eigenvalue weighted by atomic mass is 35.7. The van der Waals surface area contributed by atoms with Gasteiger partial charge in [0.05, 0.1) is 12.9 Å². The van der Waals surface area contributed by atoms with Gasteiger partial charge in [0.1, 0.15) is 5.75 Å². The number of halogens is 1. The molecule has 0 spiro atoms. The largest absolute Gasteiger partial charge is 0.497 e. The average Bonchev–Trinajstić information content (AvgIpc) is 2.14. The second kappa shape index (κ2) is 4.86. The van der Waals surface area contributed by atoms with E-state index in [1.165, 1.54) is 0 Å². The van der Waals surface area contributed by atoms with E-state index in [0.29, 0.717) is 6.42 Å². The Kier molecular flexibility index (Phi) is 3.99. The van der Waals surface area contributed by atoms with Crippen molar-refractivity contribution in [3.63, 3.8) is 0 Å². The van der Waals surface area contributed by atoms with Gasteiger partial charge in [0, 0.05) is 10.7 Å². The molecule has 1 aromatic rings. The predicted molar refractivity (Wildman–Crippen MR) is 61.1 cm³/mol. The van der Waals surface area contributed by atoms with Crippen LogP contribution in [0, 0.1) is 6.92 Å². The van der Waals surface area contributed by atoms with E-state index in [4.69, 9.17) is 15.4 Å². The lowest BCUT2D eigenvalue weighted by Gasteiger charge is -2.06. The van der Waals surface area contributed by atoms with Crippen LogP contribution in [0.1, 0.15) is 11.1 Å². The van der Waals surface area contributed by atoms with Crippen molar-refractivity contribution >= 4 is 19.7 Å². The zero-order valence-corrected chi connectivity index (χ0v) is 10.2. The Bertz CT molecular complexity index is 440. The standard InChI is InChI=1S/C10H13ClO3S/c1-8-7-10(14-2)4-3-9(8)5-6-15(11,12)13/h3-4,7H,5-6H2,1-2H3. The molecule has 0 unspecified atom stereocenters. The first kappa shape index (κ1) is 12.3. The van der Waals surface area contributed by atoms with Gasteiger partial charge in [-0.15, -0.1) is 0 Å². The van der Waals surface area contributed by atoms with Crippen LogP contribution in [-0.4, -0.2) is 21.3 Å². The fraction of sp³-hybridized carbons (Fsp3) is 0.400. The Morgan fingerprint density at radius 1 is 1.40 bits per heavy atom. The van der Waals surface area contributed by atoms with Crippen molar-refractivity contribution in [1.82, 2.24) is 0 Å². The lowest BCUT2D eigenvalue weighted by Crippen LogP contribution is -2.02. The van der Waals surface area contributed by atoms with Gasteiger partial charge in [-0.2, -0.15) is 0 Å². The third-order valence-corrected chi connectivity index (χ3v) is 3.32. The molecule has 84 valence electrons. The molecule has 0 saturated carbocycles. The Labute approximate surface area is 94.4 Å². The van der Waals surface area contributed by atoms with E-state index in [2.05, 4.69) is 0 Å². The minimum absolute atomic E-state index is 0.0400. The second-order valence-corrected chi connectivity index (χ2v) is 6.18. The van der Waals surface area contributed by atoms with Crippen molar-refractivity contribution in [2.24, 2.45) is 0 Å². The summed E-state index contributed by atoms with van der Waals surface area (Å²) in [5, 5.41) is 0. The Hall–Kier alpha value is -0.740. The lowest BCUT2D eigenvalue weighted by molar-refractivity contribution is 0.414. The molecule has 0 aliphatic rings. The minimum atomic E-state index is -3.41. The molecule has 0 aliphatic heterocycles. The van der Waals surface area contributed by atoms with Gasteiger partial charge in [0.15, 0.2) is 0 Å². The highest BCUT2D eigenvalue weighted by Crippen LogP contribution is 2.18. The highest BCUT2D eigenvalue weighted by Gasteiger charge is 2.07. The van der Waals surface area contributed by atoms with E-state index in [-0.39, 0.29) is 5.75 Å². The maximum absolute atomic E-state index is 10.8. The summed E-state index contributed by atoms with van der Waals surface area (Å²) in [4.78, 5) is 0. The van der Waals surface area contributed by atoms with Gasteiger partial charge in [-0.3, -0.25) is 0 Å². The summed E-state index contributed by atoms with van der Waals surface area (Å²) in [6, 6.07) is 5.54. The minimum Gasteiger partial charge on any atom is -0.497 e. The van der Waals surface area contributed by atoms with Crippen LogP contribution in [0.3, 0.4) is 0 Å². The van der Waals surface area contributed by atoms with E-state index in [9.17, 15) is 8.42 Å². The molecule has 0 amide bonds. The van der Waals surface area contributed by atoms with Gasteiger partial charge in [0.25, 0.3) is 0 Å². The number of benzene rings is 1. The molecule has 0 heterocycles. The van der Waals surface area contributed by atoms with E-state index < -0.39 is 9.05 Å². The molecule has 0 aliphatic carbocycles. The van der Waals surface area contributed by atoms with Gasteiger partial charge in [-0.25, -0.2) is 8.42 Å². The molecule has 15 heavy (non-hydrogen) atoms. The Morgan fingerprint density at radius 3 is 2.53 bits per heavy atom. The van der Waals surface area contributed by atoms with E-state index in [1.807, 2.05) is 25.1 Å².